The van der Waals surface area contributed by atoms with E-state index in [0.29, 0.717) is 30.5 Å². The van der Waals surface area contributed by atoms with Crippen LogP contribution in [0.3, 0.4) is 0 Å². The van der Waals surface area contributed by atoms with Crippen LogP contribution >= 0.6 is 11.6 Å². The van der Waals surface area contributed by atoms with E-state index in [-0.39, 0.29) is 24.5 Å². The van der Waals surface area contributed by atoms with Gasteiger partial charge >= 0.3 is 5.97 Å². The molecule has 3 rings (SSSR count). The Bertz CT molecular complexity index is 823. The van der Waals surface area contributed by atoms with E-state index in [1.54, 1.807) is 23.9 Å². The number of amides is 1. The van der Waals surface area contributed by atoms with Gasteiger partial charge in [-0.3, -0.25) is 14.5 Å². The fourth-order valence-corrected chi connectivity index (χ4v) is 3.60. The number of ether oxygens (including phenoxy) is 1. The van der Waals surface area contributed by atoms with Crippen molar-refractivity contribution >= 4 is 29.3 Å². The highest BCUT2D eigenvalue weighted by atomic mass is 35.5. The fraction of sp³-hybridized carbons (Fsp3) is 0.450. The molecular weight excluding hydrogens is 380 g/mol. The van der Waals surface area contributed by atoms with Crippen molar-refractivity contribution in [2.24, 2.45) is 0 Å². The van der Waals surface area contributed by atoms with Gasteiger partial charge in [-0.2, -0.15) is 5.10 Å². The Morgan fingerprint density at radius 2 is 2.11 bits per heavy atom. The van der Waals surface area contributed by atoms with Crippen molar-refractivity contribution in [3.05, 3.63) is 47.1 Å². The number of halogens is 1. The lowest BCUT2D eigenvalue weighted by atomic mass is 10.0. The highest BCUT2D eigenvalue weighted by Gasteiger charge is 2.31. The number of carbonyl (C=O) groups excluding carboxylic acids is 2. The van der Waals surface area contributed by atoms with E-state index in [4.69, 9.17) is 16.3 Å². The third kappa shape index (κ3) is 5.11. The minimum absolute atomic E-state index is 0.140. The second-order valence-corrected chi connectivity index (χ2v) is 7.15. The third-order valence-electron chi connectivity index (χ3n) is 4.78. The van der Waals surface area contributed by atoms with Crippen LogP contribution in [-0.4, -0.2) is 52.3 Å². The largest absolute Gasteiger partial charge is 0.465 e. The number of esters is 1. The first-order valence-corrected chi connectivity index (χ1v) is 9.92. The van der Waals surface area contributed by atoms with Gasteiger partial charge in [0.2, 0.25) is 5.91 Å². The molecule has 1 aromatic heterocycles. The highest BCUT2D eigenvalue weighted by molar-refractivity contribution is 6.31. The van der Waals surface area contributed by atoms with Gasteiger partial charge in [0, 0.05) is 11.1 Å². The smallest absolute Gasteiger partial charge is 0.323 e. The van der Waals surface area contributed by atoms with Crippen molar-refractivity contribution in [1.82, 2.24) is 14.7 Å². The van der Waals surface area contributed by atoms with E-state index in [0.717, 1.165) is 24.8 Å². The maximum atomic E-state index is 12.6. The van der Waals surface area contributed by atoms with Gasteiger partial charge in [0.1, 0.15) is 11.9 Å². The molecule has 1 aliphatic rings. The van der Waals surface area contributed by atoms with Crippen molar-refractivity contribution in [2.45, 2.75) is 38.8 Å². The molecule has 2 heterocycles. The number of likely N-dealkylation sites (tertiary alicyclic amines) is 1. The number of benzene rings is 1. The molecule has 2 aromatic rings. The van der Waals surface area contributed by atoms with Gasteiger partial charge in [0.05, 0.1) is 25.9 Å². The zero-order chi connectivity index (χ0) is 19.9. The van der Waals surface area contributed by atoms with Gasteiger partial charge in [-0.25, -0.2) is 4.68 Å². The molecule has 28 heavy (non-hydrogen) atoms. The van der Waals surface area contributed by atoms with Crippen molar-refractivity contribution < 1.29 is 14.3 Å². The second-order valence-electron chi connectivity index (χ2n) is 6.75. The lowest BCUT2D eigenvalue weighted by Gasteiger charge is -2.33. The van der Waals surface area contributed by atoms with Crippen molar-refractivity contribution in [3.8, 4) is 0 Å². The molecule has 1 amide bonds. The summed E-state index contributed by atoms with van der Waals surface area (Å²) in [5.74, 6) is 0.158. The quantitative estimate of drug-likeness (QED) is 0.718. The van der Waals surface area contributed by atoms with E-state index in [1.165, 1.54) is 0 Å². The Labute approximate surface area is 169 Å². The Morgan fingerprint density at radius 3 is 2.89 bits per heavy atom. The molecule has 0 aliphatic carbocycles. The lowest BCUT2D eigenvalue weighted by molar-refractivity contribution is -0.151. The monoisotopic (exact) mass is 404 g/mol. The van der Waals surface area contributed by atoms with Crippen LogP contribution in [0.15, 0.2) is 36.5 Å². The van der Waals surface area contributed by atoms with Crippen LogP contribution in [-0.2, 0) is 20.9 Å². The third-order valence-corrected chi connectivity index (χ3v) is 5.15. The number of hydrogen-bond donors (Lipinski definition) is 1. The first kappa shape index (κ1) is 20.4. The zero-order valence-electron chi connectivity index (χ0n) is 15.9. The van der Waals surface area contributed by atoms with Gasteiger partial charge in [-0.15, -0.1) is 0 Å². The number of anilines is 1. The number of rotatable bonds is 7. The maximum Gasteiger partial charge on any atom is 0.323 e. The molecule has 0 radical (unpaired) electrons. The van der Waals surface area contributed by atoms with E-state index in [1.807, 2.05) is 29.2 Å². The summed E-state index contributed by atoms with van der Waals surface area (Å²) in [6.45, 7) is 3.43. The van der Waals surface area contributed by atoms with Crippen LogP contribution in [0.1, 0.15) is 31.7 Å². The van der Waals surface area contributed by atoms with E-state index < -0.39 is 0 Å². The maximum absolute atomic E-state index is 12.6. The average molecular weight is 405 g/mol. The molecule has 1 aliphatic heterocycles. The summed E-state index contributed by atoms with van der Waals surface area (Å²) in [7, 11) is 0. The molecule has 1 atom stereocenters. The molecule has 1 N–H and O–H groups in total. The Kier molecular flexibility index (Phi) is 7.06. The first-order chi connectivity index (χ1) is 13.6. The summed E-state index contributed by atoms with van der Waals surface area (Å²) in [4.78, 5) is 26.7. The van der Waals surface area contributed by atoms with Crippen LogP contribution in [0.5, 0.6) is 0 Å². The summed E-state index contributed by atoms with van der Waals surface area (Å²) in [6, 6.07) is 8.92. The van der Waals surface area contributed by atoms with Gasteiger partial charge in [0.15, 0.2) is 0 Å². The summed E-state index contributed by atoms with van der Waals surface area (Å²) in [6.07, 6.45) is 4.28. The molecule has 1 aromatic carbocycles. The van der Waals surface area contributed by atoms with E-state index in [9.17, 15) is 9.59 Å². The topological polar surface area (TPSA) is 76.5 Å². The van der Waals surface area contributed by atoms with Crippen molar-refractivity contribution in [3.63, 3.8) is 0 Å². The molecule has 1 fully saturated rings. The summed E-state index contributed by atoms with van der Waals surface area (Å²) in [5, 5.41) is 7.82. The average Bonchev–Trinajstić information content (AvgIpc) is 3.10. The summed E-state index contributed by atoms with van der Waals surface area (Å²) < 4.78 is 6.85. The van der Waals surface area contributed by atoms with E-state index >= 15 is 0 Å². The van der Waals surface area contributed by atoms with Crippen molar-refractivity contribution in [1.29, 1.82) is 0 Å². The first-order valence-electron chi connectivity index (χ1n) is 9.54. The van der Waals surface area contributed by atoms with Crippen LogP contribution in [0.25, 0.3) is 0 Å². The summed E-state index contributed by atoms with van der Waals surface area (Å²) in [5.41, 5.74) is 0.918. The molecule has 7 nitrogen and oxygen atoms in total. The fourth-order valence-electron chi connectivity index (χ4n) is 3.41. The van der Waals surface area contributed by atoms with Crippen LogP contribution in [0, 0.1) is 0 Å². The van der Waals surface area contributed by atoms with Gasteiger partial charge in [-0.05, 0) is 37.9 Å². The number of piperidine rings is 1. The minimum atomic E-state index is -0.354. The minimum Gasteiger partial charge on any atom is -0.465 e. The van der Waals surface area contributed by atoms with Crippen LogP contribution in [0.4, 0.5) is 5.82 Å². The van der Waals surface area contributed by atoms with E-state index in [2.05, 4.69) is 10.4 Å². The highest BCUT2D eigenvalue weighted by Crippen LogP contribution is 2.20. The molecule has 150 valence electrons. The molecule has 0 saturated carbocycles. The normalized spacial score (nSPS) is 17.3. The molecule has 0 bridgehead atoms. The Morgan fingerprint density at radius 1 is 1.29 bits per heavy atom. The second kappa shape index (κ2) is 9.71. The zero-order valence-corrected chi connectivity index (χ0v) is 16.7. The molecule has 0 spiro atoms. The van der Waals surface area contributed by atoms with Crippen molar-refractivity contribution in [2.75, 3.05) is 25.0 Å². The lowest BCUT2D eigenvalue weighted by Crippen LogP contribution is -2.48. The predicted octanol–water partition coefficient (Wildman–Crippen LogP) is 2.94. The number of nitrogens with one attached hydrogen (secondary N) is 1. The van der Waals surface area contributed by atoms with Crippen LogP contribution < -0.4 is 5.32 Å². The molecule has 1 unspecified atom stereocenters. The number of hydrogen-bond acceptors (Lipinski definition) is 5. The number of nitrogens with zero attached hydrogens (tertiary/aromatic N) is 3. The standard InChI is InChI=1S/C20H25ClN4O3/c1-2-28-20(27)17-9-5-6-12-24(17)14-19(26)23-18-10-11-22-25(18)13-15-7-3-4-8-16(15)21/h3-4,7-8,10-11,17H,2,5-6,9,12-14H2,1H3,(H,23,26). The molecular formula is C20H25ClN4O3. The van der Waals surface area contributed by atoms with Gasteiger partial charge in [-0.1, -0.05) is 36.2 Å². The Hall–Kier alpha value is -2.38. The summed E-state index contributed by atoms with van der Waals surface area (Å²) >= 11 is 6.22. The number of carbonyl (C=O) groups is 2. The Balaban J connectivity index is 1.63. The van der Waals surface area contributed by atoms with Gasteiger partial charge < -0.3 is 10.1 Å². The number of aromatic nitrogens is 2. The molecule has 8 heteroatoms. The SMILES string of the molecule is CCOC(=O)C1CCCCN1CC(=O)Nc1ccnn1Cc1ccccc1Cl. The molecule has 1 saturated heterocycles. The van der Waals surface area contributed by atoms with Gasteiger partial charge in [0.25, 0.3) is 0 Å². The van der Waals surface area contributed by atoms with Crippen LogP contribution in [0.2, 0.25) is 5.02 Å². The predicted molar refractivity (Wildman–Crippen MR) is 107 cm³/mol.